The van der Waals surface area contributed by atoms with Crippen molar-refractivity contribution in [1.82, 2.24) is 4.90 Å². The molecule has 1 amide bonds. The minimum Gasteiger partial charge on any atom is -0.335 e. The smallest absolute Gasteiger partial charge is 0.254 e. The number of halogens is 2. The van der Waals surface area contributed by atoms with Gasteiger partial charge in [-0.1, -0.05) is 12.1 Å². The van der Waals surface area contributed by atoms with Gasteiger partial charge in [0, 0.05) is 18.7 Å². The second-order valence-electron chi connectivity index (χ2n) is 4.91. The summed E-state index contributed by atoms with van der Waals surface area (Å²) in [6.45, 7) is 4.29. The van der Waals surface area contributed by atoms with Gasteiger partial charge < -0.3 is 4.90 Å². The maximum Gasteiger partial charge on any atom is 0.254 e. The van der Waals surface area contributed by atoms with Crippen LogP contribution < -0.4 is 0 Å². The van der Waals surface area contributed by atoms with Gasteiger partial charge in [0.05, 0.1) is 0 Å². The van der Waals surface area contributed by atoms with Crippen molar-refractivity contribution in [3.63, 3.8) is 0 Å². The summed E-state index contributed by atoms with van der Waals surface area (Å²) in [5.74, 6) is -0.849. The molecule has 0 fully saturated rings. The van der Waals surface area contributed by atoms with E-state index in [0.717, 1.165) is 5.56 Å². The molecule has 0 heterocycles. The van der Waals surface area contributed by atoms with Gasteiger partial charge in [-0.15, -0.1) is 0 Å². The molecule has 110 valence electrons. The lowest BCUT2D eigenvalue weighted by atomic mass is 10.1. The van der Waals surface area contributed by atoms with Crippen molar-refractivity contribution in [3.8, 4) is 0 Å². The van der Waals surface area contributed by atoms with E-state index in [1.165, 1.54) is 30.3 Å². The number of amides is 1. The van der Waals surface area contributed by atoms with E-state index in [9.17, 15) is 13.6 Å². The zero-order valence-corrected chi connectivity index (χ0v) is 12.1. The fraction of sp³-hybridized carbons (Fsp3) is 0.235. The first kappa shape index (κ1) is 15.2. The quantitative estimate of drug-likeness (QED) is 0.835. The molecule has 0 aliphatic rings. The minimum atomic E-state index is -0.334. The third-order valence-electron chi connectivity index (χ3n) is 3.34. The maximum absolute atomic E-state index is 13.3. The van der Waals surface area contributed by atoms with Crippen molar-refractivity contribution in [3.05, 3.63) is 70.8 Å². The minimum absolute atomic E-state index is 0.190. The van der Waals surface area contributed by atoms with E-state index in [1.54, 1.807) is 24.0 Å². The Labute approximate surface area is 123 Å². The summed E-state index contributed by atoms with van der Waals surface area (Å²) in [5, 5.41) is 0. The fourth-order valence-corrected chi connectivity index (χ4v) is 2.14. The van der Waals surface area contributed by atoms with Crippen molar-refractivity contribution >= 4 is 5.91 Å². The molecule has 0 aliphatic heterocycles. The summed E-state index contributed by atoms with van der Waals surface area (Å²) < 4.78 is 26.5. The number of carbonyl (C=O) groups excluding carboxylic acids is 1. The Morgan fingerprint density at radius 3 is 2.52 bits per heavy atom. The number of nitrogens with zero attached hydrogens (tertiary/aromatic N) is 1. The van der Waals surface area contributed by atoms with Crippen LogP contribution in [0.3, 0.4) is 0 Å². The lowest BCUT2D eigenvalue weighted by Gasteiger charge is -2.21. The van der Waals surface area contributed by atoms with Crippen LogP contribution in [0, 0.1) is 18.6 Å². The fourth-order valence-electron chi connectivity index (χ4n) is 2.14. The van der Waals surface area contributed by atoms with E-state index in [2.05, 4.69) is 0 Å². The molecule has 0 radical (unpaired) electrons. The van der Waals surface area contributed by atoms with Gasteiger partial charge in [0.2, 0.25) is 0 Å². The Morgan fingerprint density at radius 2 is 1.90 bits per heavy atom. The zero-order chi connectivity index (χ0) is 15.4. The molecule has 2 aromatic carbocycles. The lowest BCUT2D eigenvalue weighted by Crippen LogP contribution is -2.30. The standard InChI is InChI=1S/C17H17F2NO/c1-3-20(11-13-5-4-6-15(18)10-13)17(21)14-7-8-16(19)12(2)9-14/h4-10H,3,11H2,1-2H3. The van der Waals surface area contributed by atoms with E-state index in [-0.39, 0.29) is 17.5 Å². The van der Waals surface area contributed by atoms with Gasteiger partial charge in [0.25, 0.3) is 5.91 Å². The number of rotatable bonds is 4. The SMILES string of the molecule is CCN(Cc1cccc(F)c1)C(=O)c1ccc(F)c(C)c1. The molecule has 0 spiro atoms. The monoisotopic (exact) mass is 289 g/mol. The molecule has 0 bridgehead atoms. The van der Waals surface area contributed by atoms with E-state index in [0.29, 0.717) is 24.2 Å². The lowest BCUT2D eigenvalue weighted by molar-refractivity contribution is 0.0752. The van der Waals surface area contributed by atoms with Gasteiger partial charge in [-0.25, -0.2) is 8.78 Å². The number of hydrogen-bond donors (Lipinski definition) is 0. The van der Waals surface area contributed by atoms with Crippen LogP contribution in [-0.4, -0.2) is 17.4 Å². The summed E-state index contributed by atoms with van der Waals surface area (Å²) in [4.78, 5) is 14.0. The molecule has 0 saturated heterocycles. The van der Waals surface area contributed by atoms with Crippen LogP contribution in [0.25, 0.3) is 0 Å². The van der Waals surface area contributed by atoms with Gasteiger partial charge in [-0.2, -0.15) is 0 Å². The summed E-state index contributed by atoms with van der Waals surface area (Å²) >= 11 is 0. The van der Waals surface area contributed by atoms with Crippen LogP contribution >= 0.6 is 0 Å². The molecule has 0 N–H and O–H groups in total. The van der Waals surface area contributed by atoms with Crippen LogP contribution in [0.4, 0.5) is 8.78 Å². The highest BCUT2D eigenvalue weighted by Gasteiger charge is 2.15. The molecule has 2 nitrogen and oxygen atoms in total. The van der Waals surface area contributed by atoms with Crippen LogP contribution in [0.1, 0.15) is 28.4 Å². The molecule has 0 aliphatic carbocycles. The molecule has 0 atom stereocenters. The molecule has 21 heavy (non-hydrogen) atoms. The molecular formula is C17H17F2NO. The summed E-state index contributed by atoms with van der Waals surface area (Å²) in [7, 11) is 0. The Balaban J connectivity index is 2.20. The Kier molecular flexibility index (Phi) is 4.68. The van der Waals surface area contributed by atoms with Crippen molar-refractivity contribution < 1.29 is 13.6 Å². The molecule has 0 saturated carbocycles. The normalized spacial score (nSPS) is 10.5. The largest absolute Gasteiger partial charge is 0.335 e. The van der Waals surface area contributed by atoms with Crippen LogP contribution in [0.15, 0.2) is 42.5 Å². The van der Waals surface area contributed by atoms with E-state index < -0.39 is 0 Å². The van der Waals surface area contributed by atoms with Gasteiger partial charge in [0.1, 0.15) is 11.6 Å². The van der Waals surface area contributed by atoms with E-state index in [1.807, 2.05) is 6.92 Å². The predicted molar refractivity (Wildman–Crippen MR) is 78.0 cm³/mol. The van der Waals surface area contributed by atoms with Gasteiger partial charge >= 0.3 is 0 Å². The first-order chi connectivity index (χ1) is 10.0. The van der Waals surface area contributed by atoms with Crippen LogP contribution in [0.5, 0.6) is 0 Å². The zero-order valence-electron chi connectivity index (χ0n) is 12.1. The third-order valence-corrected chi connectivity index (χ3v) is 3.34. The second kappa shape index (κ2) is 6.48. The highest BCUT2D eigenvalue weighted by atomic mass is 19.1. The Bertz CT molecular complexity index is 655. The van der Waals surface area contributed by atoms with Crippen molar-refractivity contribution in [1.29, 1.82) is 0 Å². The van der Waals surface area contributed by atoms with E-state index in [4.69, 9.17) is 0 Å². The maximum atomic E-state index is 13.3. The number of benzene rings is 2. The van der Waals surface area contributed by atoms with Crippen molar-refractivity contribution in [2.75, 3.05) is 6.54 Å². The highest BCUT2D eigenvalue weighted by Crippen LogP contribution is 2.14. The van der Waals surface area contributed by atoms with Gasteiger partial charge in [0.15, 0.2) is 0 Å². The molecule has 0 unspecified atom stereocenters. The summed E-state index contributed by atoms with van der Waals surface area (Å²) in [6.07, 6.45) is 0. The average Bonchev–Trinajstić information content (AvgIpc) is 2.47. The molecule has 4 heteroatoms. The number of aryl methyl sites for hydroxylation is 1. The first-order valence-corrected chi connectivity index (χ1v) is 6.81. The van der Waals surface area contributed by atoms with E-state index >= 15 is 0 Å². The predicted octanol–water partition coefficient (Wildman–Crippen LogP) is 3.94. The highest BCUT2D eigenvalue weighted by molar-refractivity contribution is 5.94. The van der Waals surface area contributed by atoms with Crippen molar-refractivity contribution in [2.24, 2.45) is 0 Å². The topological polar surface area (TPSA) is 20.3 Å². The van der Waals surface area contributed by atoms with Crippen LogP contribution in [0.2, 0.25) is 0 Å². The average molecular weight is 289 g/mol. The molecule has 0 aromatic heterocycles. The van der Waals surface area contributed by atoms with Gasteiger partial charge in [-0.3, -0.25) is 4.79 Å². The summed E-state index contributed by atoms with van der Waals surface area (Å²) in [6, 6.07) is 10.5. The molecular weight excluding hydrogens is 272 g/mol. The third kappa shape index (κ3) is 3.66. The first-order valence-electron chi connectivity index (χ1n) is 6.81. The molecule has 2 aromatic rings. The number of carbonyl (C=O) groups is 1. The summed E-state index contributed by atoms with van der Waals surface area (Å²) in [5.41, 5.74) is 1.60. The Morgan fingerprint density at radius 1 is 1.14 bits per heavy atom. The van der Waals surface area contributed by atoms with Gasteiger partial charge in [-0.05, 0) is 55.3 Å². The van der Waals surface area contributed by atoms with Crippen molar-refractivity contribution in [2.45, 2.75) is 20.4 Å². The van der Waals surface area contributed by atoms with Crippen LogP contribution in [-0.2, 0) is 6.54 Å². The number of hydrogen-bond acceptors (Lipinski definition) is 1. The molecule has 2 rings (SSSR count). The second-order valence-corrected chi connectivity index (χ2v) is 4.91. The Hall–Kier alpha value is -2.23.